The first kappa shape index (κ1) is 13.9. The Kier molecular flexibility index (Phi) is 4.47. The van der Waals surface area contributed by atoms with Crippen molar-refractivity contribution in [3.05, 3.63) is 28.8 Å². The largest absolute Gasteiger partial charge is 0.409 e. The van der Waals surface area contributed by atoms with Crippen LogP contribution in [0.4, 0.5) is 5.69 Å². The van der Waals surface area contributed by atoms with Crippen molar-refractivity contribution in [2.45, 2.75) is 6.04 Å². The van der Waals surface area contributed by atoms with E-state index < -0.39 is 0 Å². The number of nitrogens with zero attached hydrogens (tertiary/aromatic N) is 2. The summed E-state index contributed by atoms with van der Waals surface area (Å²) in [5.41, 5.74) is 6.98. The molecule has 0 aliphatic carbocycles. The molecule has 2 rings (SSSR count). The summed E-state index contributed by atoms with van der Waals surface area (Å²) in [5, 5.41) is 21.8. The Labute approximate surface area is 116 Å². The standard InChI is InChI=1S/C12H16ClN3O3/c13-8-1-2-10(12(14)15-18)11(5-8)16-3-4-19-7-9(16)6-17/h1-2,5,9,17-18H,3-4,6-7H2,(H2,14,15). The van der Waals surface area contributed by atoms with Gasteiger partial charge in [-0.3, -0.25) is 0 Å². The van der Waals surface area contributed by atoms with Crippen molar-refractivity contribution >= 4 is 23.1 Å². The second-order valence-electron chi connectivity index (χ2n) is 4.25. The summed E-state index contributed by atoms with van der Waals surface area (Å²) in [6, 6.07) is 4.93. The number of aliphatic hydroxyl groups is 1. The number of ether oxygens (including phenoxy) is 1. The highest BCUT2D eigenvalue weighted by Crippen LogP contribution is 2.27. The van der Waals surface area contributed by atoms with Gasteiger partial charge in [-0.25, -0.2) is 0 Å². The third-order valence-corrected chi connectivity index (χ3v) is 3.33. The fourth-order valence-electron chi connectivity index (χ4n) is 2.14. The lowest BCUT2D eigenvalue weighted by molar-refractivity contribution is 0.0727. The molecule has 0 bridgehead atoms. The molecule has 1 aliphatic heterocycles. The Morgan fingerprint density at radius 2 is 2.37 bits per heavy atom. The maximum atomic E-state index is 9.41. The average Bonchev–Trinajstić information content (AvgIpc) is 2.46. The van der Waals surface area contributed by atoms with Gasteiger partial charge >= 0.3 is 0 Å². The Bertz CT molecular complexity index is 481. The molecule has 6 nitrogen and oxygen atoms in total. The summed E-state index contributed by atoms with van der Waals surface area (Å²) in [6.07, 6.45) is 0. The van der Waals surface area contributed by atoms with Gasteiger partial charge in [0.15, 0.2) is 5.84 Å². The van der Waals surface area contributed by atoms with Crippen LogP contribution in [0.5, 0.6) is 0 Å². The van der Waals surface area contributed by atoms with Gasteiger partial charge in [-0.1, -0.05) is 16.8 Å². The van der Waals surface area contributed by atoms with Crippen LogP contribution in [-0.2, 0) is 4.74 Å². The van der Waals surface area contributed by atoms with E-state index >= 15 is 0 Å². The molecule has 0 spiro atoms. The lowest BCUT2D eigenvalue weighted by atomic mass is 10.1. The van der Waals surface area contributed by atoms with Crippen molar-refractivity contribution in [1.82, 2.24) is 0 Å². The predicted octanol–water partition coefficient (Wildman–Crippen LogP) is 0.632. The van der Waals surface area contributed by atoms with Gasteiger partial charge in [0.1, 0.15) is 0 Å². The molecular formula is C12H16ClN3O3. The number of hydrogen-bond acceptors (Lipinski definition) is 5. The Hall–Kier alpha value is -1.50. The van der Waals surface area contributed by atoms with E-state index in [-0.39, 0.29) is 18.5 Å². The highest BCUT2D eigenvalue weighted by atomic mass is 35.5. The maximum absolute atomic E-state index is 9.41. The monoisotopic (exact) mass is 285 g/mol. The van der Waals surface area contributed by atoms with E-state index in [2.05, 4.69) is 5.16 Å². The van der Waals surface area contributed by atoms with Crippen molar-refractivity contribution in [2.75, 3.05) is 31.3 Å². The fraction of sp³-hybridized carbons (Fsp3) is 0.417. The molecule has 7 heteroatoms. The second kappa shape index (κ2) is 6.10. The quantitative estimate of drug-likeness (QED) is 0.328. The number of morpholine rings is 1. The molecule has 0 saturated carbocycles. The third-order valence-electron chi connectivity index (χ3n) is 3.09. The summed E-state index contributed by atoms with van der Waals surface area (Å²) in [7, 11) is 0. The molecule has 1 unspecified atom stereocenters. The molecule has 1 atom stereocenters. The zero-order chi connectivity index (χ0) is 13.8. The van der Waals surface area contributed by atoms with E-state index in [1.54, 1.807) is 18.2 Å². The fourth-order valence-corrected chi connectivity index (χ4v) is 2.30. The van der Waals surface area contributed by atoms with Gasteiger partial charge in [-0.05, 0) is 18.2 Å². The molecule has 0 radical (unpaired) electrons. The SMILES string of the molecule is N/C(=N/O)c1ccc(Cl)cc1N1CCOCC1CO. The number of amidine groups is 1. The van der Waals surface area contributed by atoms with E-state index in [4.69, 9.17) is 27.3 Å². The number of benzene rings is 1. The zero-order valence-corrected chi connectivity index (χ0v) is 11.0. The topological polar surface area (TPSA) is 91.3 Å². The molecule has 1 aliphatic rings. The number of aliphatic hydroxyl groups excluding tert-OH is 1. The Morgan fingerprint density at radius 1 is 1.58 bits per heavy atom. The Morgan fingerprint density at radius 3 is 3.05 bits per heavy atom. The van der Waals surface area contributed by atoms with Crippen molar-refractivity contribution in [3.63, 3.8) is 0 Å². The van der Waals surface area contributed by atoms with Crippen LogP contribution in [0.1, 0.15) is 5.56 Å². The van der Waals surface area contributed by atoms with Crippen molar-refractivity contribution in [1.29, 1.82) is 0 Å². The smallest absolute Gasteiger partial charge is 0.172 e. The lowest BCUT2D eigenvalue weighted by Gasteiger charge is -2.37. The molecule has 19 heavy (non-hydrogen) atoms. The van der Waals surface area contributed by atoms with Crippen molar-refractivity contribution in [2.24, 2.45) is 10.9 Å². The first-order valence-electron chi connectivity index (χ1n) is 5.90. The van der Waals surface area contributed by atoms with E-state index in [1.807, 2.05) is 4.90 Å². The molecule has 1 aromatic rings. The molecule has 104 valence electrons. The number of anilines is 1. The van der Waals surface area contributed by atoms with Crippen molar-refractivity contribution < 1.29 is 15.1 Å². The molecule has 1 heterocycles. The van der Waals surface area contributed by atoms with Crippen molar-refractivity contribution in [3.8, 4) is 0 Å². The molecule has 0 amide bonds. The van der Waals surface area contributed by atoms with Gasteiger partial charge in [-0.15, -0.1) is 0 Å². The normalized spacial score (nSPS) is 20.6. The van der Waals surface area contributed by atoms with E-state index in [1.165, 1.54) is 0 Å². The van der Waals surface area contributed by atoms with Crippen LogP contribution < -0.4 is 10.6 Å². The maximum Gasteiger partial charge on any atom is 0.172 e. The minimum atomic E-state index is -0.169. The Balaban J connectivity index is 2.44. The van der Waals surface area contributed by atoms with Crippen LogP contribution in [0.3, 0.4) is 0 Å². The summed E-state index contributed by atoms with van der Waals surface area (Å²) in [6.45, 7) is 1.55. The first-order valence-corrected chi connectivity index (χ1v) is 6.28. The summed E-state index contributed by atoms with van der Waals surface area (Å²) in [4.78, 5) is 1.96. The molecule has 1 aromatic carbocycles. The van der Waals surface area contributed by atoms with Crippen LogP contribution in [0.25, 0.3) is 0 Å². The summed E-state index contributed by atoms with van der Waals surface area (Å²) < 4.78 is 5.34. The molecule has 0 aromatic heterocycles. The van der Waals surface area contributed by atoms with Crippen LogP contribution in [0, 0.1) is 0 Å². The van der Waals surface area contributed by atoms with Gasteiger partial charge in [0.25, 0.3) is 0 Å². The van der Waals surface area contributed by atoms with Gasteiger partial charge in [0.05, 0.1) is 25.9 Å². The highest BCUT2D eigenvalue weighted by molar-refractivity contribution is 6.31. The number of rotatable bonds is 3. The molecule has 1 saturated heterocycles. The minimum absolute atomic E-state index is 0.00912. The van der Waals surface area contributed by atoms with Gasteiger partial charge in [0, 0.05) is 22.8 Å². The first-order chi connectivity index (χ1) is 9.17. The summed E-state index contributed by atoms with van der Waals surface area (Å²) in [5.74, 6) is 0.00912. The van der Waals surface area contributed by atoms with Gasteiger partial charge in [0.2, 0.25) is 0 Å². The summed E-state index contributed by atoms with van der Waals surface area (Å²) >= 11 is 6.01. The van der Waals surface area contributed by atoms with Crippen LogP contribution in [0.15, 0.2) is 23.4 Å². The number of oxime groups is 1. The average molecular weight is 286 g/mol. The number of hydrogen-bond donors (Lipinski definition) is 3. The van der Waals surface area contributed by atoms with Crippen LogP contribution in [0.2, 0.25) is 5.02 Å². The second-order valence-corrected chi connectivity index (χ2v) is 4.69. The van der Waals surface area contributed by atoms with Gasteiger partial charge < -0.3 is 25.7 Å². The molecular weight excluding hydrogens is 270 g/mol. The number of nitrogens with two attached hydrogens (primary N) is 1. The molecule has 4 N–H and O–H groups in total. The van der Waals surface area contributed by atoms with E-state index in [0.717, 1.165) is 5.69 Å². The van der Waals surface area contributed by atoms with Crippen LogP contribution in [-0.4, -0.2) is 48.6 Å². The predicted molar refractivity (Wildman–Crippen MR) is 73.0 cm³/mol. The molecule has 1 fully saturated rings. The van der Waals surface area contributed by atoms with Gasteiger partial charge in [-0.2, -0.15) is 0 Å². The third kappa shape index (κ3) is 2.91. The number of halogens is 1. The lowest BCUT2D eigenvalue weighted by Crippen LogP contribution is -2.48. The minimum Gasteiger partial charge on any atom is -0.409 e. The van der Waals surface area contributed by atoms with E-state index in [0.29, 0.717) is 30.3 Å². The zero-order valence-electron chi connectivity index (χ0n) is 10.3. The highest BCUT2D eigenvalue weighted by Gasteiger charge is 2.25. The van der Waals surface area contributed by atoms with E-state index in [9.17, 15) is 5.11 Å². The van der Waals surface area contributed by atoms with Crippen LogP contribution >= 0.6 is 11.6 Å².